The number of furan rings is 1. The minimum absolute atomic E-state index is 0.379. The van der Waals surface area contributed by atoms with Crippen LogP contribution in [0.2, 0.25) is 10.0 Å². The Kier molecular flexibility index (Phi) is 5.06. The SMILES string of the molecule is C[C@@H]([NH2+]Cc1ccc(-c2ccc(Cl)cc2Cl)o1)c1ccccc1. The Balaban J connectivity index is 1.68. The van der Waals surface area contributed by atoms with Crippen LogP contribution >= 0.6 is 23.2 Å². The van der Waals surface area contributed by atoms with E-state index in [2.05, 4.69) is 36.5 Å². The molecule has 1 atom stereocenters. The van der Waals surface area contributed by atoms with E-state index in [9.17, 15) is 0 Å². The third-order valence-corrected chi connectivity index (χ3v) is 4.40. The number of hydrogen-bond donors (Lipinski definition) is 1. The van der Waals surface area contributed by atoms with Crippen LogP contribution in [0.25, 0.3) is 11.3 Å². The molecule has 0 radical (unpaired) electrons. The lowest BCUT2D eigenvalue weighted by Gasteiger charge is -2.09. The third kappa shape index (κ3) is 3.97. The molecule has 0 spiro atoms. The van der Waals surface area contributed by atoms with E-state index in [0.29, 0.717) is 16.1 Å². The van der Waals surface area contributed by atoms with Gasteiger partial charge in [-0.25, -0.2) is 0 Å². The van der Waals surface area contributed by atoms with Gasteiger partial charge in [0, 0.05) is 16.1 Å². The van der Waals surface area contributed by atoms with E-state index in [1.54, 1.807) is 6.07 Å². The van der Waals surface area contributed by atoms with Crippen molar-refractivity contribution in [2.75, 3.05) is 0 Å². The highest BCUT2D eigenvalue weighted by molar-refractivity contribution is 6.36. The predicted molar refractivity (Wildman–Crippen MR) is 94.7 cm³/mol. The van der Waals surface area contributed by atoms with Crippen molar-refractivity contribution in [1.82, 2.24) is 0 Å². The number of nitrogens with two attached hydrogens (primary N) is 1. The third-order valence-electron chi connectivity index (χ3n) is 3.86. The Hall–Kier alpha value is -1.74. The molecule has 2 N–H and O–H groups in total. The lowest BCUT2D eigenvalue weighted by Crippen LogP contribution is -2.82. The second-order valence-corrected chi connectivity index (χ2v) is 6.37. The quantitative estimate of drug-likeness (QED) is 0.685. The van der Waals surface area contributed by atoms with Crippen LogP contribution in [0.1, 0.15) is 24.3 Å². The summed E-state index contributed by atoms with van der Waals surface area (Å²) in [6, 6.07) is 20.2. The molecule has 3 aromatic rings. The lowest BCUT2D eigenvalue weighted by atomic mass is 10.1. The van der Waals surface area contributed by atoms with Crippen molar-refractivity contribution in [3.63, 3.8) is 0 Å². The molecule has 1 heterocycles. The first-order valence-corrected chi connectivity index (χ1v) is 8.31. The van der Waals surface area contributed by atoms with Gasteiger partial charge in [-0.1, -0.05) is 53.5 Å². The van der Waals surface area contributed by atoms with Crippen LogP contribution < -0.4 is 5.32 Å². The van der Waals surface area contributed by atoms with Gasteiger partial charge in [-0.2, -0.15) is 0 Å². The van der Waals surface area contributed by atoms with Gasteiger partial charge in [0.15, 0.2) is 5.76 Å². The van der Waals surface area contributed by atoms with Gasteiger partial charge in [-0.05, 0) is 37.3 Å². The summed E-state index contributed by atoms with van der Waals surface area (Å²) in [5.41, 5.74) is 2.17. The van der Waals surface area contributed by atoms with E-state index in [-0.39, 0.29) is 0 Å². The van der Waals surface area contributed by atoms with Gasteiger partial charge < -0.3 is 9.73 Å². The summed E-state index contributed by atoms with van der Waals surface area (Å²) in [4.78, 5) is 0. The van der Waals surface area contributed by atoms with Gasteiger partial charge in [0.2, 0.25) is 0 Å². The summed E-state index contributed by atoms with van der Waals surface area (Å²) in [7, 11) is 0. The van der Waals surface area contributed by atoms with Gasteiger partial charge in [-0.3, -0.25) is 0 Å². The molecular formula is C19H18Cl2NO+. The minimum Gasteiger partial charge on any atom is -0.455 e. The number of hydrogen-bond acceptors (Lipinski definition) is 1. The molecule has 3 rings (SSSR count). The summed E-state index contributed by atoms with van der Waals surface area (Å²) < 4.78 is 5.92. The van der Waals surface area contributed by atoms with Crippen molar-refractivity contribution in [2.45, 2.75) is 19.5 Å². The van der Waals surface area contributed by atoms with Crippen LogP contribution in [-0.2, 0) is 6.54 Å². The maximum Gasteiger partial charge on any atom is 0.158 e. The fourth-order valence-corrected chi connectivity index (χ4v) is 3.01. The van der Waals surface area contributed by atoms with Crippen molar-refractivity contribution < 1.29 is 9.73 Å². The average Bonchev–Trinajstić information content (AvgIpc) is 3.02. The number of rotatable bonds is 5. The van der Waals surface area contributed by atoms with E-state index < -0.39 is 0 Å². The van der Waals surface area contributed by atoms with E-state index in [1.165, 1.54) is 5.56 Å². The van der Waals surface area contributed by atoms with Crippen LogP contribution in [-0.4, -0.2) is 0 Å². The number of quaternary nitrogens is 1. The molecule has 0 aliphatic rings. The Morgan fingerprint density at radius 3 is 2.52 bits per heavy atom. The molecule has 0 aliphatic carbocycles. The zero-order chi connectivity index (χ0) is 16.2. The largest absolute Gasteiger partial charge is 0.455 e. The van der Waals surface area contributed by atoms with Gasteiger partial charge in [-0.15, -0.1) is 0 Å². The van der Waals surface area contributed by atoms with Crippen molar-refractivity contribution in [3.05, 3.63) is 82.0 Å². The van der Waals surface area contributed by atoms with E-state index in [4.69, 9.17) is 27.6 Å². The van der Waals surface area contributed by atoms with Gasteiger partial charge in [0.05, 0.1) is 5.02 Å². The first-order chi connectivity index (χ1) is 11.1. The number of halogens is 2. The molecular weight excluding hydrogens is 329 g/mol. The molecule has 0 aliphatic heterocycles. The van der Waals surface area contributed by atoms with Gasteiger partial charge >= 0.3 is 0 Å². The zero-order valence-corrected chi connectivity index (χ0v) is 14.3. The minimum atomic E-state index is 0.379. The maximum absolute atomic E-state index is 6.23. The second-order valence-electron chi connectivity index (χ2n) is 5.53. The molecule has 118 valence electrons. The van der Waals surface area contributed by atoms with Crippen molar-refractivity contribution in [1.29, 1.82) is 0 Å². The summed E-state index contributed by atoms with van der Waals surface area (Å²) >= 11 is 12.2. The van der Waals surface area contributed by atoms with E-state index in [1.807, 2.05) is 30.3 Å². The van der Waals surface area contributed by atoms with Crippen LogP contribution in [0.15, 0.2) is 65.1 Å². The Morgan fingerprint density at radius 2 is 1.78 bits per heavy atom. The van der Waals surface area contributed by atoms with Crippen molar-refractivity contribution in [3.8, 4) is 11.3 Å². The van der Waals surface area contributed by atoms with Crippen molar-refractivity contribution >= 4 is 23.2 Å². The molecule has 0 unspecified atom stereocenters. The summed E-state index contributed by atoms with van der Waals surface area (Å²) in [6.45, 7) is 2.97. The summed E-state index contributed by atoms with van der Waals surface area (Å²) in [5, 5.41) is 3.47. The normalized spacial score (nSPS) is 12.3. The fourth-order valence-electron chi connectivity index (χ4n) is 2.51. The second kappa shape index (κ2) is 7.22. The first-order valence-electron chi connectivity index (χ1n) is 7.56. The standard InChI is InChI=1S/C19H17Cl2NO/c1-13(14-5-3-2-4-6-14)22-12-16-8-10-19(23-16)17-9-7-15(20)11-18(17)21/h2-11,13,22H,12H2,1H3/p+1/t13-/m1/s1. The van der Waals surface area contributed by atoms with E-state index >= 15 is 0 Å². The molecule has 1 aromatic heterocycles. The topological polar surface area (TPSA) is 29.8 Å². The predicted octanol–water partition coefficient (Wildman–Crippen LogP) is 5.08. The molecule has 0 saturated heterocycles. The van der Waals surface area contributed by atoms with Crippen LogP contribution in [0.4, 0.5) is 0 Å². The van der Waals surface area contributed by atoms with Gasteiger partial charge in [0.25, 0.3) is 0 Å². The Morgan fingerprint density at radius 1 is 1.00 bits per heavy atom. The molecule has 23 heavy (non-hydrogen) atoms. The molecule has 0 bridgehead atoms. The summed E-state index contributed by atoms with van der Waals surface area (Å²) in [5.74, 6) is 1.69. The molecule has 2 aromatic carbocycles. The molecule has 0 amide bonds. The van der Waals surface area contributed by atoms with E-state index in [0.717, 1.165) is 23.6 Å². The lowest BCUT2D eigenvalue weighted by molar-refractivity contribution is -0.709. The Bertz CT molecular complexity index is 783. The zero-order valence-electron chi connectivity index (χ0n) is 12.8. The Labute approximate surface area is 146 Å². The highest BCUT2D eigenvalue weighted by Gasteiger charge is 2.12. The average molecular weight is 347 g/mol. The molecule has 2 nitrogen and oxygen atoms in total. The van der Waals surface area contributed by atoms with Crippen LogP contribution in [0, 0.1) is 0 Å². The smallest absolute Gasteiger partial charge is 0.158 e. The highest BCUT2D eigenvalue weighted by Crippen LogP contribution is 2.31. The fraction of sp³-hybridized carbons (Fsp3) is 0.158. The monoisotopic (exact) mass is 346 g/mol. The molecule has 0 saturated carbocycles. The summed E-state index contributed by atoms with van der Waals surface area (Å²) in [6.07, 6.45) is 0. The highest BCUT2D eigenvalue weighted by atomic mass is 35.5. The molecule has 0 fully saturated rings. The maximum atomic E-state index is 6.23. The van der Waals surface area contributed by atoms with Crippen molar-refractivity contribution in [2.24, 2.45) is 0 Å². The van der Waals surface area contributed by atoms with Crippen LogP contribution in [0.3, 0.4) is 0 Å². The van der Waals surface area contributed by atoms with Gasteiger partial charge in [0.1, 0.15) is 18.3 Å². The van der Waals surface area contributed by atoms with Crippen LogP contribution in [0.5, 0.6) is 0 Å². The molecule has 4 heteroatoms. The first kappa shape index (κ1) is 16.1. The number of benzene rings is 2.